The van der Waals surface area contributed by atoms with Crippen molar-refractivity contribution < 1.29 is 14.3 Å². The van der Waals surface area contributed by atoms with Gasteiger partial charge < -0.3 is 14.5 Å². The van der Waals surface area contributed by atoms with E-state index in [-0.39, 0.29) is 11.8 Å². The molecule has 2 aromatic rings. The van der Waals surface area contributed by atoms with Gasteiger partial charge >= 0.3 is 0 Å². The van der Waals surface area contributed by atoms with Crippen LogP contribution in [0.2, 0.25) is 0 Å². The number of carbonyl (C=O) groups is 2. The molecule has 0 atom stereocenters. The van der Waals surface area contributed by atoms with Crippen LogP contribution in [0.3, 0.4) is 0 Å². The van der Waals surface area contributed by atoms with Gasteiger partial charge in [-0.15, -0.1) is 0 Å². The topological polar surface area (TPSA) is 67.2 Å². The molecule has 2 aliphatic heterocycles. The fourth-order valence-electron chi connectivity index (χ4n) is 3.32. The SMILES string of the molecule is O=C(c1nc(C(=O)N2CCCC2)n2ccccc12)N1CCOCC1. The lowest BCUT2D eigenvalue weighted by Crippen LogP contribution is -2.41. The number of fused-ring (bicyclic) bond motifs is 1. The molecule has 0 radical (unpaired) electrons. The second kappa shape index (κ2) is 6.24. The highest BCUT2D eigenvalue weighted by atomic mass is 16.5. The first kappa shape index (κ1) is 15.1. The number of pyridine rings is 1. The number of hydrogen-bond donors (Lipinski definition) is 0. The van der Waals surface area contributed by atoms with E-state index in [1.165, 1.54) is 0 Å². The van der Waals surface area contributed by atoms with Crippen LogP contribution in [-0.2, 0) is 4.74 Å². The highest BCUT2D eigenvalue weighted by Gasteiger charge is 2.29. The molecule has 126 valence electrons. The Kier molecular flexibility index (Phi) is 3.93. The summed E-state index contributed by atoms with van der Waals surface area (Å²) in [6.45, 7) is 3.70. The van der Waals surface area contributed by atoms with E-state index in [0.717, 1.165) is 25.9 Å². The van der Waals surface area contributed by atoms with Crippen LogP contribution in [-0.4, -0.2) is 70.4 Å². The molecule has 0 aromatic carbocycles. The first-order valence-electron chi connectivity index (χ1n) is 8.39. The monoisotopic (exact) mass is 328 g/mol. The van der Waals surface area contributed by atoms with E-state index in [9.17, 15) is 9.59 Å². The van der Waals surface area contributed by atoms with E-state index < -0.39 is 0 Å². The molecule has 7 nitrogen and oxygen atoms in total. The van der Waals surface area contributed by atoms with E-state index >= 15 is 0 Å². The maximum absolute atomic E-state index is 12.8. The molecule has 0 spiro atoms. The molecule has 2 saturated heterocycles. The molecule has 4 heterocycles. The van der Waals surface area contributed by atoms with E-state index in [2.05, 4.69) is 4.98 Å². The highest BCUT2D eigenvalue weighted by Crippen LogP contribution is 2.19. The summed E-state index contributed by atoms with van der Waals surface area (Å²) >= 11 is 0. The Morgan fingerprint density at radius 2 is 1.67 bits per heavy atom. The van der Waals surface area contributed by atoms with Crippen LogP contribution in [0.25, 0.3) is 5.52 Å². The Morgan fingerprint density at radius 1 is 0.958 bits per heavy atom. The third-order valence-electron chi connectivity index (χ3n) is 4.63. The molecule has 0 unspecified atom stereocenters. The zero-order valence-corrected chi connectivity index (χ0v) is 13.5. The van der Waals surface area contributed by atoms with E-state index in [0.29, 0.717) is 43.3 Å². The smallest absolute Gasteiger partial charge is 0.290 e. The highest BCUT2D eigenvalue weighted by molar-refractivity contribution is 6.02. The van der Waals surface area contributed by atoms with Gasteiger partial charge in [0.2, 0.25) is 5.82 Å². The van der Waals surface area contributed by atoms with Gasteiger partial charge in [-0.3, -0.25) is 14.0 Å². The molecule has 7 heteroatoms. The molecule has 4 rings (SSSR count). The van der Waals surface area contributed by atoms with Gasteiger partial charge in [0.1, 0.15) is 0 Å². The maximum Gasteiger partial charge on any atom is 0.290 e. The molecule has 0 saturated carbocycles. The molecule has 2 amide bonds. The molecular weight excluding hydrogens is 308 g/mol. The van der Waals surface area contributed by atoms with Crippen LogP contribution in [0.4, 0.5) is 0 Å². The van der Waals surface area contributed by atoms with E-state index in [1.807, 2.05) is 23.1 Å². The van der Waals surface area contributed by atoms with Crippen molar-refractivity contribution in [1.82, 2.24) is 19.2 Å². The zero-order valence-electron chi connectivity index (χ0n) is 13.5. The number of rotatable bonds is 2. The summed E-state index contributed by atoms with van der Waals surface area (Å²) in [7, 11) is 0. The second-order valence-corrected chi connectivity index (χ2v) is 6.14. The molecule has 0 aliphatic carbocycles. The number of imidazole rings is 1. The number of morpholine rings is 1. The minimum Gasteiger partial charge on any atom is -0.378 e. The number of amides is 2. The van der Waals surface area contributed by atoms with E-state index in [1.54, 1.807) is 15.5 Å². The lowest BCUT2D eigenvalue weighted by atomic mass is 10.3. The predicted molar refractivity (Wildman–Crippen MR) is 87.1 cm³/mol. The average Bonchev–Trinajstić information content (AvgIpc) is 3.29. The Labute approximate surface area is 139 Å². The summed E-state index contributed by atoms with van der Waals surface area (Å²) in [6.07, 6.45) is 3.84. The number of likely N-dealkylation sites (tertiary alicyclic amines) is 1. The van der Waals surface area contributed by atoms with Crippen molar-refractivity contribution in [3.63, 3.8) is 0 Å². The quantitative estimate of drug-likeness (QED) is 0.826. The van der Waals surface area contributed by atoms with Crippen LogP contribution < -0.4 is 0 Å². The van der Waals surface area contributed by atoms with Gasteiger partial charge in [-0.2, -0.15) is 0 Å². The minimum atomic E-state index is -0.137. The number of hydrogen-bond acceptors (Lipinski definition) is 4. The third kappa shape index (κ3) is 2.54. The number of carbonyl (C=O) groups excluding carboxylic acids is 2. The fourth-order valence-corrected chi connectivity index (χ4v) is 3.32. The van der Waals surface area contributed by atoms with Crippen molar-refractivity contribution in [1.29, 1.82) is 0 Å². The Bertz CT molecular complexity index is 773. The second-order valence-electron chi connectivity index (χ2n) is 6.14. The summed E-state index contributed by atoms with van der Waals surface area (Å²) in [5.74, 6) is 0.0845. The average molecular weight is 328 g/mol. The van der Waals surface area contributed by atoms with Gasteiger partial charge in [0.15, 0.2) is 5.69 Å². The van der Waals surface area contributed by atoms with Crippen molar-refractivity contribution >= 4 is 17.3 Å². The Hall–Kier alpha value is -2.41. The summed E-state index contributed by atoms with van der Waals surface area (Å²) in [6, 6.07) is 5.54. The maximum atomic E-state index is 12.8. The van der Waals surface area contributed by atoms with Gasteiger partial charge in [-0.05, 0) is 25.0 Å². The minimum absolute atomic E-state index is 0.102. The zero-order chi connectivity index (χ0) is 16.5. The van der Waals surface area contributed by atoms with Crippen molar-refractivity contribution in [2.24, 2.45) is 0 Å². The van der Waals surface area contributed by atoms with Gasteiger partial charge in [0.25, 0.3) is 11.8 Å². The van der Waals surface area contributed by atoms with Crippen molar-refractivity contribution in [2.45, 2.75) is 12.8 Å². The molecule has 0 bridgehead atoms. The standard InChI is InChI=1S/C17H20N4O3/c22-16(20-9-11-24-12-10-20)14-13-5-1-2-8-21(13)15(18-14)17(23)19-6-3-4-7-19/h1-2,5,8H,3-4,6-7,9-12H2. The predicted octanol–water partition coefficient (Wildman–Crippen LogP) is 1.04. The summed E-state index contributed by atoms with van der Waals surface area (Å²) in [4.78, 5) is 33.6. The van der Waals surface area contributed by atoms with Crippen LogP contribution in [0.15, 0.2) is 24.4 Å². The Balaban J connectivity index is 1.73. The van der Waals surface area contributed by atoms with Gasteiger partial charge in [-0.1, -0.05) is 6.07 Å². The summed E-state index contributed by atoms with van der Waals surface area (Å²) in [5, 5.41) is 0. The summed E-state index contributed by atoms with van der Waals surface area (Å²) < 4.78 is 7.03. The normalized spacial score (nSPS) is 18.3. The van der Waals surface area contributed by atoms with Crippen LogP contribution in [0.1, 0.15) is 33.9 Å². The lowest BCUT2D eigenvalue weighted by molar-refractivity contribution is 0.0300. The fraction of sp³-hybridized carbons (Fsp3) is 0.471. The molecular formula is C17H20N4O3. The number of aromatic nitrogens is 2. The first-order chi connectivity index (χ1) is 11.8. The van der Waals surface area contributed by atoms with Crippen LogP contribution in [0, 0.1) is 0 Å². The number of nitrogens with zero attached hydrogens (tertiary/aromatic N) is 4. The molecule has 0 N–H and O–H groups in total. The molecule has 2 fully saturated rings. The third-order valence-corrected chi connectivity index (χ3v) is 4.63. The lowest BCUT2D eigenvalue weighted by Gasteiger charge is -2.26. The van der Waals surface area contributed by atoms with Crippen LogP contribution in [0.5, 0.6) is 0 Å². The van der Waals surface area contributed by atoms with E-state index in [4.69, 9.17) is 4.74 Å². The Morgan fingerprint density at radius 3 is 2.42 bits per heavy atom. The van der Waals surface area contributed by atoms with Crippen molar-refractivity contribution in [3.8, 4) is 0 Å². The van der Waals surface area contributed by atoms with Crippen molar-refractivity contribution in [3.05, 3.63) is 35.9 Å². The van der Waals surface area contributed by atoms with Crippen molar-refractivity contribution in [2.75, 3.05) is 39.4 Å². The molecule has 2 aliphatic rings. The van der Waals surface area contributed by atoms with Gasteiger partial charge in [0, 0.05) is 32.4 Å². The number of ether oxygens (including phenoxy) is 1. The summed E-state index contributed by atoms with van der Waals surface area (Å²) in [5.41, 5.74) is 1.02. The molecule has 24 heavy (non-hydrogen) atoms. The first-order valence-corrected chi connectivity index (χ1v) is 8.39. The van der Waals surface area contributed by atoms with Gasteiger partial charge in [-0.25, -0.2) is 4.98 Å². The largest absolute Gasteiger partial charge is 0.378 e. The van der Waals surface area contributed by atoms with Gasteiger partial charge in [0.05, 0.1) is 18.7 Å². The van der Waals surface area contributed by atoms with Crippen LogP contribution >= 0.6 is 0 Å². The molecule has 2 aromatic heterocycles.